The molecule has 0 aliphatic carbocycles. The van der Waals surface area contributed by atoms with Gasteiger partial charge in [0.25, 0.3) is 5.91 Å². The first-order chi connectivity index (χ1) is 16.4. The molecule has 2 amide bonds. The third kappa shape index (κ3) is 4.73. The van der Waals surface area contributed by atoms with Crippen LogP contribution in [0.3, 0.4) is 0 Å². The summed E-state index contributed by atoms with van der Waals surface area (Å²) in [6.45, 7) is 1.40. The number of carbonyl (C=O) groups excluding carboxylic acids is 2. The lowest BCUT2D eigenvalue weighted by molar-refractivity contribution is -0.138. The van der Waals surface area contributed by atoms with E-state index in [1.165, 1.54) is 30.0 Å². The summed E-state index contributed by atoms with van der Waals surface area (Å²) in [7, 11) is 0. The molecule has 4 rings (SSSR count). The summed E-state index contributed by atoms with van der Waals surface area (Å²) in [5.74, 6) is -1.30. The van der Waals surface area contributed by atoms with Crippen LogP contribution in [0.15, 0.2) is 72.8 Å². The highest BCUT2D eigenvalue weighted by Crippen LogP contribution is 2.39. The van der Waals surface area contributed by atoms with Crippen LogP contribution in [0.2, 0.25) is 0 Å². The van der Waals surface area contributed by atoms with Crippen LogP contribution >= 0.6 is 0 Å². The largest absolute Gasteiger partial charge is 0.416 e. The first-order valence-corrected chi connectivity index (χ1v) is 10.5. The van der Waals surface area contributed by atoms with E-state index in [1.807, 2.05) is 0 Å². The number of anilines is 2. The summed E-state index contributed by atoms with van der Waals surface area (Å²) in [4.78, 5) is 29.0. The average Bonchev–Trinajstić information content (AvgIpc) is 2.81. The van der Waals surface area contributed by atoms with Gasteiger partial charge in [0.15, 0.2) is 0 Å². The number of fused-ring (bicyclic) bond motifs is 1. The molecule has 35 heavy (non-hydrogen) atoms. The summed E-state index contributed by atoms with van der Waals surface area (Å²) >= 11 is 0. The van der Waals surface area contributed by atoms with Gasteiger partial charge < -0.3 is 4.90 Å². The van der Waals surface area contributed by atoms with Crippen molar-refractivity contribution in [2.45, 2.75) is 31.9 Å². The highest BCUT2D eigenvalue weighted by atomic mass is 19.4. The van der Waals surface area contributed by atoms with E-state index in [0.717, 1.165) is 35.2 Å². The molecule has 1 aliphatic rings. The molecule has 1 atom stereocenters. The fourth-order valence-corrected chi connectivity index (χ4v) is 3.96. The number of alkyl halides is 6. The molecule has 3 aromatic carbocycles. The van der Waals surface area contributed by atoms with Crippen LogP contribution < -0.4 is 9.80 Å². The Morgan fingerprint density at radius 3 is 2.00 bits per heavy atom. The van der Waals surface area contributed by atoms with Crippen molar-refractivity contribution in [1.82, 2.24) is 0 Å². The van der Waals surface area contributed by atoms with E-state index in [2.05, 4.69) is 0 Å². The maximum atomic E-state index is 13.3. The maximum Gasteiger partial charge on any atom is 0.416 e. The fraction of sp³-hybridized carbons (Fsp3) is 0.200. The SMILES string of the molecule is CC1C(=O)N(Cc2ccc(C(F)(F)F)cc2)c2ccccc2N1C(=O)c1cccc(C(F)(F)F)c1. The quantitative estimate of drug-likeness (QED) is 0.403. The Bertz CT molecular complexity index is 1270. The molecule has 1 aliphatic heterocycles. The van der Waals surface area contributed by atoms with E-state index in [9.17, 15) is 35.9 Å². The Hall–Kier alpha value is -3.82. The molecule has 3 aromatic rings. The van der Waals surface area contributed by atoms with Crippen molar-refractivity contribution in [3.63, 3.8) is 0 Å². The number of halogens is 6. The molecule has 182 valence electrons. The number of hydrogen-bond acceptors (Lipinski definition) is 2. The number of carbonyl (C=O) groups is 2. The monoisotopic (exact) mass is 492 g/mol. The van der Waals surface area contributed by atoms with Crippen LogP contribution in [0.5, 0.6) is 0 Å². The maximum absolute atomic E-state index is 13.3. The zero-order valence-electron chi connectivity index (χ0n) is 18.2. The minimum atomic E-state index is -4.64. The number of nitrogens with zero attached hydrogens (tertiary/aromatic N) is 2. The molecule has 10 heteroatoms. The second-order valence-electron chi connectivity index (χ2n) is 8.04. The first-order valence-electron chi connectivity index (χ1n) is 10.5. The van der Waals surface area contributed by atoms with Crippen molar-refractivity contribution in [2.24, 2.45) is 0 Å². The van der Waals surface area contributed by atoms with Crippen LogP contribution in [0.1, 0.15) is 34.0 Å². The Labute approximate surface area is 196 Å². The first kappa shape index (κ1) is 24.3. The molecule has 1 unspecified atom stereocenters. The molecule has 0 fully saturated rings. The second kappa shape index (κ2) is 8.75. The van der Waals surface area contributed by atoms with Gasteiger partial charge in [0, 0.05) is 5.56 Å². The summed E-state index contributed by atoms with van der Waals surface area (Å²) in [5.41, 5.74) is -0.990. The van der Waals surface area contributed by atoms with Crippen molar-refractivity contribution in [2.75, 3.05) is 9.80 Å². The van der Waals surface area contributed by atoms with Gasteiger partial charge in [-0.2, -0.15) is 26.3 Å². The minimum Gasteiger partial charge on any atom is -0.304 e. The topological polar surface area (TPSA) is 40.6 Å². The third-order valence-corrected chi connectivity index (χ3v) is 5.72. The highest BCUT2D eigenvalue weighted by Gasteiger charge is 2.40. The Morgan fingerprint density at radius 1 is 0.800 bits per heavy atom. The summed E-state index contributed by atoms with van der Waals surface area (Å²) in [6.07, 6.45) is -9.14. The lowest BCUT2D eigenvalue weighted by Gasteiger charge is -2.40. The van der Waals surface area contributed by atoms with Gasteiger partial charge in [-0.05, 0) is 55.0 Å². The van der Waals surface area contributed by atoms with E-state index >= 15 is 0 Å². The van der Waals surface area contributed by atoms with Crippen LogP contribution in [0.25, 0.3) is 0 Å². The van der Waals surface area contributed by atoms with Crippen LogP contribution in [0.4, 0.5) is 37.7 Å². The van der Waals surface area contributed by atoms with Gasteiger partial charge in [-0.3, -0.25) is 14.5 Å². The molecular weight excluding hydrogens is 474 g/mol. The summed E-state index contributed by atoms with van der Waals surface area (Å²) in [6, 6.07) is 13.6. The van der Waals surface area contributed by atoms with Crippen molar-refractivity contribution < 1.29 is 35.9 Å². The van der Waals surface area contributed by atoms with Crippen molar-refractivity contribution in [1.29, 1.82) is 0 Å². The predicted molar refractivity (Wildman–Crippen MR) is 117 cm³/mol. The number of rotatable bonds is 3. The molecule has 4 nitrogen and oxygen atoms in total. The normalized spacial score (nSPS) is 16.3. The Balaban J connectivity index is 1.69. The van der Waals surface area contributed by atoms with Gasteiger partial charge in [-0.15, -0.1) is 0 Å². The van der Waals surface area contributed by atoms with E-state index in [0.29, 0.717) is 16.9 Å². The average molecular weight is 492 g/mol. The van der Waals surface area contributed by atoms with Gasteiger partial charge in [0.1, 0.15) is 6.04 Å². The molecule has 0 radical (unpaired) electrons. The van der Waals surface area contributed by atoms with E-state index in [1.54, 1.807) is 24.3 Å². The lowest BCUT2D eigenvalue weighted by atomic mass is 10.0. The van der Waals surface area contributed by atoms with Gasteiger partial charge in [0.05, 0.1) is 29.0 Å². The van der Waals surface area contributed by atoms with Crippen molar-refractivity contribution >= 4 is 23.2 Å². The van der Waals surface area contributed by atoms with Crippen molar-refractivity contribution in [3.8, 4) is 0 Å². The number of para-hydroxylation sites is 2. The van der Waals surface area contributed by atoms with E-state index in [-0.39, 0.29) is 12.1 Å². The molecule has 0 spiro atoms. The smallest absolute Gasteiger partial charge is 0.304 e. The zero-order valence-corrected chi connectivity index (χ0v) is 18.2. The second-order valence-corrected chi connectivity index (χ2v) is 8.04. The molecule has 0 saturated carbocycles. The molecule has 1 heterocycles. The summed E-state index contributed by atoms with van der Waals surface area (Å²) < 4.78 is 78.1. The van der Waals surface area contributed by atoms with Gasteiger partial charge in [-0.25, -0.2) is 0 Å². The predicted octanol–water partition coefficient (Wildman–Crippen LogP) is 6.31. The van der Waals surface area contributed by atoms with E-state index in [4.69, 9.17) is 0 Å². The molecule has 0 bridgehead atoms. The van der Waals surface area contributed by atoms with Crippen LogP contribution in [-0.2, 0) is 23.7 Å². The fourth-order valence-electron chi connectivity index (χ4n) is 3.96. The van der Waals surface area contributed by atoms with Gasteiger partial charge in [-0.1, -0.05) is 30.3 Å². The Kier molecular flexibility index (Phi) is 6.08. The molecule has 0 N–H and O–H groups in total. The minimum absolute atomic E-state index is 0.0517. The zero-order chi connectivity index (χ0) is 25.5. The van der Waals surface area contributed by atoms with Crippen LogP contribution in [0, 0.1) is 0 Å². The third-order valence-electron chi connectivity index (χ3n) is 5.72. The van der Waals surface area contributed by atoms with Gasteiger partial charge >= 0.3 is 12.4 Å². The van der Waals surface area contributed by atoms with E-state index < -0.39 is 41.3 Å². The van der Waals surface area contributed by atoms with Gasteiger partial charge in [0.2, 0.25) is 5.91 Å². The molecular formula is C25H18F6N2O2. The lowest BCUT2D eigenvalue weighted by Crippen LogP contribution is -2.54. The highest BCUT2D eigenvalue weighted by molar-refractivity contribution is 6.17. The van der Waals surface area contributed by atoms with Crippen molar-refractivity contribution in [3.05, 3.63) is 95.1 Å². The Morgan fingerprint density at radius 2 is 1.40 bits per heavy atom. The van der Waals surface area contributed by atoms with Crippen LogP contribution in [-0.4, -0.2) is 17.9 Å². The molecule has 0 saturated heterocycles. The standard InChI is InChI=1S/C25H18F6N2O2/c1-15-22(34)32(14-16-9-11-18(12-10-16)24(26,27)28)20-7-2-3-8-21(20)33(15)23(35)17-5-4-6-19(13-17)25(29,30)31/h2-13,15H,14H2,1H3. The number of hydrogen-bond donors (Lipinski definition) is 0. The number of amides is 2. The summed E-state index contributed by atoms with van der Waals surface area (Å²) in [5, 5.41) is 0. The molecule has 0 aromatic heterocycles. The number of benzene rings is 3.